The molecular formula is C8H18BrNO. The molecule has 1 N–H and O–H groups in total. The SMILES string of the molecule is CCC(C)N(C)CC(O)CBr. The third-order valence-corrected chi connectivity index (χ3v) is 2.77. The van der Waals surface area contributed by atoms with Gasteiger partial charge >= 0.3 is 0 Å². The van der Waals surface area contributed by atoms with E-state index < -0.39 is 0 Å². The van der Waals surface area contributed by atoms with Crippen LogP contribution in [0.15, 0.2) is 0 Å². The van der Waals surface area contributed by atoms with Crippen LogP contribution in [0.2, 0.25) is 0 Å². The molecule has 0 aromatic rings. The Labute approximate surface area is 77.7 Å². The Kier molecular flexibility index (Phi) is 6.19. The van der Waals surface area contributed by atoms with Gasteiger partial charge in [-0.3, -0.25) is 0 Å². The van der Waals surface area contributed by atoms with E-state index >= 15 is 0 Å². The summed E-state index contributed by atoms with van der Waals surface area (Å²) in [7, 11) is 2.04. The molecule has 0 rings (SSSR count). The average Bonchev–Trinajstić information content (AvgIpc) is 2.02. The highest BCUT2D eigenvalue weighted by Gasteiger charge is 2.10. The van der Waals surface area contributed by atoms with Crippen molar-refractivity contribution in [1.82, 2.24) is 4.90 Å². The number of alkyl halides is 1. The summed E-state index contributed by atoms with van der Waals surface area (Å²) in [6, 6.07) is 0.559. The number of aliphatic hydroxyl groups excluding tert-OH is 1. The van der Waals surface area contributed by atoms with Crippen molar-refractivity contribution in [3.8, 4) is 0 Å². The maximum atomic E-state index is 9.28. The largest absolute Gasteiger partial charge is 0.391 e. The smallest absolute Gasteiger partial charge is 0.0763 e. The molecule has 0 bridgehead atoms. The molecule has 0 aliphatic rings. The lowest BCUT2D eigenvalue weighted by Crippen LogP contribution is -2.36. The van der Waals surface area contributed by atoms with Crippen molar-refractivity contribution in [2.75, 3.05) is 18.9 Å². The molecule has 0 aromatic carbocycles. The second-order valence-electron chi connectivity index (χ2n) is 3.00. The number of likely N-dealkylation sites (N-methyl/N-ethyl adjacent to an activating group) is 1. The third kappa shape index (κ3) is 4.77. The van der Waals surface area contributed by atoms with Crippen molar-refractivity contribution in [2.45, 2.75) is 32.4 Å². The van der Waals surface area contributed by atoms with Crippen molar-refractivity contribution < 1.29 is 5.11 Å². The Morgan fingerprint density at radius 3 is 2.45 bits per heavy atom. The van der Waals surface area contributed by atoms with Gasteiger partial charge < -0.3 is 10.0 Å². The number of nitrogens with zero attached hydrogens (tertiary/aromatic N) is 1. The lowest BCUT2D eigenvalue weighted by atomic mass is 10.2. The Balaban J connectivity index is 3.58. The first-order valence-corrected chi connectivity index (χ1v) is 5.18. The van der Waals surface area contributed by atoms with E-state index in [1.54, 1.807) is 0 Å². The third-order valence-electron chi connectivity index (χ3n) is 2.02. The highest BCUT2D eigenvalue weighted by atomic mass is 79.9. The van der Waals surface area contributed by atoms with E-state index in [4.69, 9.17) is 0 Å². The van der Waals surface area contributed by atoms with Crippen molar-refractivity contribution in [2.24, 2.45) is 0 Å². The van der Waals surface area contributed by atoms with Crippen LogP contribution in [0.3, 0.4) is 0 Å². The van der Waals surface area contributed by atoms with Crippen molar-refractivity contribution >= 4 is 15.9 Å². The zero-order valence-corrected chi connectivity index (χ0v) is 9.13. The van der Waals surface area contributed by atoms with E-state index in [0.717, 1.165) is 13.0 Å². The minimum atomic E-state index is -0.242. The summed E-state index contributed by atoms with van der Waals surface area (Å²) in [4.78, 5) is 2.17. The Morgan fingerprint density at radius 1 is 1.55 bits per heavy atom. The van der Waals surface area contributed by atoms with E-state index in [1.807, 2.05) is 7.05 Å². The fourth-order valence-corrected chi connectivity index (χ4v) is 1.08. The van der Waals surface area contributed by atoms with Gasteiger partial charge in [0.25, 0.3) is 0 Å². The standard InChI is InChI=1S/C8H18BrNO/c1-4-7(2)10(3)6-8(11)5-9/h7-8,11H,4-6H2,1-3H3. The van der Waals surface area contributed by atoms with Gasteiger partial charge in [0.2, 0.25) is 0 Å². The van der Waals surface area contributed by atoms with E-state index in [1.165, 1.54) is 0 Å². The maximum absolute atomic E-state index is 9.28. The molecule has 0 saturated heterocycles. The van der Waals surface area contributed by atoms with Gasteiger partial charge in [0.05, 0.1) is 6.10 Å². The predicted molar refractivity (Wildman–Crippen MR) is 52.2 cm³/mol. The first-order valence-electron chi connectivity index (χ1n) is 4.06. The summed E-state index contributed by atoms with van der Waals surface area (Å²) < 4.78 is 0. The van der Waals surface area contributed by atoms with Crippen LogP contribution >= 0.6 is 15.9 Å². The van der Waals surface area contributed by atoms with E-state index in [-0.39, 0.29) is 6.10 Å². The second-order valence-corrected chi connectivity index (χ2v) is 3.65. The van der Waals surface area contributed by atoms with Crippen LogP contribution in [-0.4, -0.2) is 41.1 Å². The van der Waals surface area contributed by atoms with Gasteiger partial charge in [-0.05, 0) is 20.4 Å². The summed E-state index contributed by atoms with van der Waals surface area (Å²) in [5.41, 5.74) is 0. The van der Waals surface area contributed by atoms with Crippen LogP contribution in [0.5, 0.6) is 0 Å². The van der Waals surface area contributed by atoms with Crippen LogP contribution in [0, 0.1) is 0 Å². The minimum absolute atomic E-state index is 0.242. The van der Waals surface area contributed by atoms with Crippen molar-refractivity contribution in [3.63, 3.8) is 0 Å². The van der Waals surface area contributed by atoms with Crippen LogP contribution in [0.25, 0.3) is 0 Å². The monoisotopic (exact) mass is 223 g/mol. The molecule has 0 amide bonds. The Bertz CT molecular complexity index is 100. The quantitative estimate of drug-likeness (QED) is 0.715. The van der Waals surface area contributed by atoms with Gasteiger partial charge in [-0.1, -0.05) is 22.9 Å². The molecule has 2 nitrogen and oxygen atoms in total. The van der Waals surface area contributed by atoms with Gasteiger partial charge in [0.15, 0.2) is 0 Å². The van der Waals surface area contributed by atoms with Gasteiger partial charge in [-0.15, -0.1) is 0 Å². The Hall–Kier alpha value is 0.400. The molecule has 0 spiro atoms. The number of rotatable bonds is 5. The zero-order chi connectivity index (χ0) is 8.85. The van der Waals surface area contributed by atoms with E-state index in [9.17, 15) is 5.11 Å². The fraction of sp³-hybridized carbons (Fsp3) is 1.00. The molecule has 3 heteroatoms. The first-order chi connectivity index (χ1) is 5.11. The van der Waals surface area contributed by atoms with Crippen LogP contribution in [-0.2, 0) is 0 Å². The molecule has 0 aromatic heterocycles. The lowest BCUT2D eigenvalue weighted by Gasteiger charge is -2.25. The number of aliphatic hydroxyl groups is 1. The number of halogens is 1. The van der Waals surface area contributed by atoms with Crippen LogP contribution < -0.4 is 0 Å². The van der Waals surface area contributed by atoms with Crippen molar-refractivity contribution in [1.29, 1.82) is 0 Å². The highest BCUT2D eigenvalue weighted by molar-refractivity contribution is 9.09. The average molecular weight is 224 g/mol. The predicted octanol–water partition coefficient (Wildman–Crippen LogP) is 1.47. The van der Waals surface area contributed by atoms with Crippen LogP contribution in [0.4, 0.5) is 0 Å². The second kappa shape index (κ2) is 5.98. The number of hydrogen-bond donors (Lipinski definition) is 1. The molecule has 0 heterocycles. The molecule has 0 saturated carbocycles. The summed E-state index contributed by atoms with van der Waals surface area (Å²) >= 11 is 3.24. The summed E-state index contributed by atoms with van der Waals surface area (Å²) in [6.45, 7) is 5.07. The molecule has 0 fully saturated rings. The summed E-state index contributed by atoms with van der Waals surface area (Å²) in [5, 5.41) is 9.94. The van der Waals surface area contributed by atoms with Gasteiger partial charge in [-0.25, -0.2) is 0 Å². The van der Waals surface area contributed by atoms with E-state index in [0.29, 0.717) is 11.4 Å². The lowest BCUT2D eigenvalue weighted by molar-refractivity contribution is 0.124. The molecule has 0 radical (unpaired) electrons. The van der Waals surface area contributed by atoms with Crippen LogP contribution in [0.1, 0.15) is 20.3 Å². The molecular weight excluding hydrogens is 206 g/mol. The maximum Gasteiger partial charge on any atom is 0.0763 e. The van der Waals surface area contributed by atoms with Crippen molar-refractivity contribution in [3.05, 3.63) is 0 Å². The normalized spacial score (nSPS) is 16.9. The Morgan fingerprint density at radius 2 is 2.09 bits per heavy atom. The molecule has 2 unspecified atom stereocenters. The number of hydrogen-bond acceptors (Lipinski definition) is 2. The molecule has 11 heavy (non-hydrogen) atoms. The van der Waals surface area contributed by atoms with E-state index in [2.05, 4.69) is 34.7 Å². The zero-order valence-electron chi connectivity index (χ0n) is 7.55. The topological polar surface area (TPSA) is 23.5 Å². The van der Waals surface area contributed by atoms with Gasteiger partial charge in [-0.2, -0.15) is 0 Å². The van der Waals surface area contributed by atoms with Gasteiger partial charge in [0.1, 0.15) is 0 Å². The molecule has 0 aliphatic carbocycles. The highest BCUT2D eigenvalue weighted by Crippen LogP contribution is 2.02. The van der Waals surface area contributed by atoms with Gasteiger partial charge in [0, 0.05) is 17.9 Å². The first kappa shape index (κ1) is 11.4. The molecule has 2 atom stereocenters. The molecule has 0 aliphatic heterocycles. The molecule has 68 valence electrons. The minimum Gasteiger partial charge on any atom is -0.391 e. The fourth-order valence-electron chi connectivity index (χ4n) is 0.873. The summed E-state index contributed by atoms with van der Waals surface area (Å²) in [5.74, 6) is 0. The summed E-state index contributed by atoms with van der Waals surface area (Å²) in [6.07, 6.45) is 0.889.